The summed E-state index contributed by atoms with van der Waals surface area (Å²) in [7, 11) is -3.72. The van der Waals surface area contributed by atoms with Crippen molar-refractivity contribution in [2.75, 3.05) is 13.1 Å². The van der Waals surface area contributed by atoms with Crippen LogP contribution in [0, 0.1) is 0 Å². The van der Waals surface area contributed by atoms with Gasteiger partial charge in [0.2, 0.25) is 10.0 Å². The van der Waals surface area contributed by atoms with Crippen LogP contribution in [0.25, 0.3) is 0 Å². The fourth-order valence-corrected chi connectivity index (χ4v) is 4.11. The number of sulfonamides is 1. The molecule has 0 saturated heterocycles. The summed E-state index contributed by atoms with van der Waals surface area (Å²) in [5.41, 5.74) is 2.27. The van der Waals surface area contributed by atoms with Gasteiger partial charge in [0.25, 0.3) is 5.91 Å². The Bertz CT molecular complexity index is 1080. The number of benzene rings is 2. The Kier molecular flexibility index (Phi) is 6.96. The van der Waals surface area contributed by atoms with Gasteiger partial charge >= 0.3 is 0 Å². The van der Waals surface area contributed by atoms with Crippen molar-refractivity contribution in [1.82, 2.24) is 24.4 Å². The molecule has 158 valence electrons. The molecule has 1 heterocycles. The van der Waals surface area contributed by atoms with E-state index in [9.17, 15) is 13.2 Å². The van der Waals surface area contributed by atoms with Crippen LogP contribution in [-0.2, 0) is 23.1 Å². The van der Waals surface area contributed by atoms with Crippen molar-refractivity contribution in [3.05, 3.63) is 77.9 Å². The number of rotatable bonds is 9. The molecule has 0 aliphatic heterocycles. The van der Waals surface area contributed by atoms with Crippen molar-refractivity contribution in [2.24, 2.45) is 0 Å². The van der Waals surface area contributed by atoms with Gasteiger partial charge in [0.15, 0.2) is 0 Å². The minimum atomic E-state index is -3.72. The molecule has 0 radical (unpaired) electrons. The lowest BCUT2D eigenvalue weighted by Crippen LogP contribution is -2.30. The molecule has 9 heteroatoms. The maximum atomic E-state index is 12.7. The highest BCUT2D eigenvalue weighted by Gasteiger charge is 2.17. The van der Waals surface area contributed by atoms with E-state index in [1.54, 1.807) is 28.0 Å². The average Bonchev–Trinajstić information content (AvgIpc) is 3.27. The maximum Gasteiger partial charge on any atom is 0.253 e. The van der Waals surface area contributed by atoms with E-state index in [2.05, 4.69) is 14.8 Å². The van der Waals surface area contributed by atoms with Gasteiger partial charge in [0.05, 0.1) is 11.4 Å². The molecule has 30 heavy (non-hydrogen) atoms. The van der Waals surface area contributed by atoms with Gasteiger partial charge in [-0.05, 0) is 49.2 Å². The van der Waals surface area contributed by atoms with Crippen LogP contribution in [0.1, 0.15) is 35.3 Å². The van der Waals surface area contributed by atoms with Crippen molar-refractivity contribution in [3.63, 3.8) is 0 Å². The molecule has 0 atom stereocenters. The summed E-state index contributed by atoms with van der Waals surface area (Å²) >= 11 is 0. The summed E-state index contributed by atoms with van der Waals surface area (Å²) in [5, 5.41) is 4.09. The number of aromatic nitrogens is 3. The summed E-state index contributed by atoms with van der Waals surface area (Å²) in [6.07, 6.45) is 3.07. The van der Waals surface area contributed by atoms with Gasteiger partial charge in [-0.25, -0.2) is 22.8 Å². The van der Waals surface area contributed by atoms with Gasteiger partial charge < -0.3 is 4.90 Å². The van der Waals surface area contributed by atoms with E-state index < -0.39 is 10.0 Å². The van der Waals surface area contributed by atoms with Crippen molar-refractivity contribution >= 4 is 15.9 Å². The number of hydrogen-bond donors (Lipinski definition) is 1. The van der Waals surface area contributed by atoms with Gasteiger partial charge in [0, 0.05) is 25.2 Å². The first-order valence-corrected chi connectivity index (χ1v) is 11.2. The minimum Gasteiger partial charge on any atom is -0.339 e. The van der Waals surface area contributed by atoms with Crippen molar-refractivity contribution in [3.8, 4) is 0 Å². The van der Waals surface area contributed by atoms with Gasteiger partial charge in [-0.1, -0.05) is 24.3 Å². The molecule has 2 aromatic carbocycles. The normalized spacial score (nSPS) is 11.4. The Labute approximate surface area is 176 Å². The molecule has 0 bridgehead atoms. The molecular formula is C21H25N5O3S. The van der Waals surface area contributed by atoms with Crippen molar-refractivity contribution in [2.45, 2.75) is 31.8 Å². The summed E-state index contributed by atoms with van der Waals surface area (Å²) in [6.45, 7) is 5.67. The highest BCUT2D eigenvalue weighted by atomic mass is 32.2. The lowest BCUT2D eigenvalue weighted by atomic mass is 10.1. The molecule has 0 saturated carbocycles. The van der Waals surface area contributed by atoms with E-state index in [1.165, 1.54) is 18.5 Å². The number of amides is 1. The highest BCUT2D eigenvalue weighted by Crippen LogP contribution is 2.15. The predicted molar refractivity (Wildman–Crippen MR) is 113 cm³/mol. The van der Waals surface area contributed by atoms with Gasteiger partial charge in [0.1, 0.15) is 12.7 Å². The van der Waals surface area contributed by atoms with Crippen molar-refractivity contribution < 1.29 is 13.2 Å². The van der Waals surface area contributed by atoms with Crippen molar-refractivity contribution in [1.29, 1.82) is 0 Å². The van der Waals surface area contributed by atoms with Gasteiger partial charge in [-0.2, -0.15) is 5.10 Å². The second-order valence-electron chi connectivity index (χ2n) is 6.69. The molecule has 8 nitrogen and oxygen atoms in total. The lowest BCUT2D eigenvalue weighted by molar-refractivity contribution is 0.0773. The SMILES string of the molecule is CCN(CC)C(=O)c1ccc(S(=O)(=O)NCc2ccccc2Cn2cncn2)cc1. The monoisotopic (exact) mass is 427 g/mol. The van der Waals surface area contributed by atoms with Crippen LogP contribution < -0.4 is 4.72 Å². The summed E-state index contributed by atoms with van der Waals surface area (Å²) in [6, 6.07) is 13.6. The second-order valence-corrected chi connectivity index (χ2v) is 8.46. The lowest BCUT2D eigenvalue weighted by Gasteiger charge is -2.18. The Morgan fingerprint density at radius 1 is 1.03 bits per heavy atom. The Balaban J connectivity index is 1.71. The third kappa shape index (κ3) is 5.11. The first kappa shape index (κ1) is 21.7. The number of carbonyl (C=O) groups is 1. The Morgan fingerprint density at radius 2 is 1.70 bits per heavy atom. The smallest absolute Gasteiger partial charge is 0.253 e. The first-order valence-electron chi connectivity index (χ1n) is 9.72. The molecule has 1 N–H and O–H groups in total. The first-order chi connectivity index (χ1) is 14.4. The van der Waals surface area contributed by atoms with E-state index in [0.29, 0.717) is 25.2 Å². The fraction of sp³-hybridized carbons (Fsp3) is 0.286. The number of nitrogens with one attached hydrogen (secondary N) is 1. The average molecular weight is 428 g/mol. The Hall–Kier alpha value is -3.04. The molecule has 0 aliphatic rings. The van der Waals surface area contributed by atoms with E-state index >= 15 is 0 Å². The minimum absolute atomic E-state index is 0.112. The van der Waals surface area contributed by atoms with E-state index in [-0.39, 0.29) is 17.3 Å². The third-order valence-corrected chi connectivity index (χ3v) is 6.25. The quantitative estimate of drug-likeness (QED) is 0.565. The largest absolute Gasteiger partial charge is 0.339 e. The van der Waals surface area contributed by atoms with Crippen LogP contribution in [0.4, 0.5) is 0 Å². The molecule has 0 spiro atoms. The molecular weight excluding hydrogens is 402 g/mol. The zero-order valence-electron chi connectivity index (χ0n) is 17.0. The molecule has 1 aromatic heterocycles. The van der Waals surface area contributed by atoms with Crippen LogP contribution >= 0.6 is 0 Å². The van der Waals surface area contributed by atoms with Crippen LogP contribution in [0.5, 0.6) is 0 Å². The van der Waals surface area contributed by atoms with Gasteiger partial charge in [-0.15, -0.1) is 0 Å². The van der Waals surface area contributed by atoms with Crippen LogP contribution in [0.3, 0.4) is 0 Å². The summed E-state index contributed by atoms with van der Waals surface area (Å²) < 4.78 is 29.8. The van der Waals surface area contributed by atoms with E-state index in [0.717, 1.165) is 11.1 Å². The fourth-order valence-electron chi connectivity index (χ4n) is 3.10. The van der Waals surface area contributed by atoms with E-state index in [1.807, 2.05) is 38.1 Å². The number of nitrogens with zero attached hydrogens (tertiary/aromatic N) is 4. The topological polar surface area (TPSA) is 97.2 Å². The summed E-state index contributed by atoms with van der Waals surface area (Å²) in [5.74, 6) is -0.112. The highest BCUT2D eigenvalue weighted by molar-refractivity contribution is 7.89. The second kappa shape index (κ2) is 9.64. The van der Waals surface area contributed by atoms with Crippen LogP contribution in [0.15, 0.2) is 66.1 Å². The molecule has 0 fully saturated rings. The molecule has 0 aliphatic carbocycles. The van der Waals surface area contributed by atoms with Gasteiger partial charge in [-0.3, -0.25) is 4.79 Å². The standard InChI is InChI=1S/C21H25N5O3S/c1-3-25(4-2)21(27)17-9-11-20(12-10-17)30(28,29)24-13-18-7-5-6-8-19(18)14-26-16-22-15-23-26/h5-12,15-16,24H,3-4,13-14H2,1-2H3. The molecule has 3 aromatic rings. The maximum absolute atomic E-state index is 12.7. The number of hydrogen-bond acceptors (Lipinski definition) is 5. The Morgan fingerprint density at radius 3 is 2.30 bits per heavy atom. The zero-order chi connectivity index (χ0) is 21.6. The van der Waals surface area contributed by atoms with E-state index in [4.69, 9.17) is 0 Å². The molecule has 1 amide bonds. The van der Waals surface area contributed by atoms with Crippen LogP contribution in [-0.4, -0.2) is 47.1 Å². The number of carbonyl (C=O) groups excluding carboxylic acids is 1. The molecule has 0 unspecified atom stereocenters. The zero-order valence-corrected chi connectivity index (χ0v) is 17.8. The predicted octanol–water partition coefficient (Wildman–Crippen LogP) is 2.29. The summed E-state index contributed by atoms with van der Waals surface area (Å²) in [4.78, 5) is 18.1. The molecule has 3 rings (SSSR count). The third-order valence-electron chi connectivity index (χ3n) is 4.83. The van der Waals surface area contributed by atoms with Crippen LogP contribution in [0.2, 0.25) is 0 Å².